The van der Waals surface area contributed by atoms with E-state index in [1.807, 2.05) is 35.2 Å². The third kappa shape index (κ3) is 6.58. The topological polar surface area (TPSA) is 153 Å². The molecule has 0 aromatic heterocycles. The predicted molar refractivity (Wildman–Crippen MR) is 167 cm³/mol. The lowest BCUT2D eigenvalue weighted by Crippen LogP contribution is -2.68. The third-order valence-electron chi connectivity index (χ3n) is 7.65. The zero-order chi connectivity index (χ0) is 30.7. The van der Waals surface area contributed by atoms with Crippen LogP contribution >= 0.6 is 35.3 Å². The molecule has 4 atom stereocenters. The lowest BCUT2D eigenvalue weighted by molar-refractivity contribution is -0.384. The fourth-order valence-electron chi connectivity index (χ4n) is 5.40. The lowest BCUT2D eigenvalue weighted by atomic mass is 9.89. The van der Waals surface area contributed by atoms with E-state index >= 15 is 0 Å². The van der Waals surface area contributed by atoms with E-state index in [1.54, 1.807) is 19.1 Å². The normalized spacial score (nSPS) is 24.0. The molecule has 2 aromatic carbocycles. The van der Waals surface area contributed by atoms with E-state index in [1.165, 1.54) is 52.3 Å². The molecular weight excluding hydrogens is 613 g/mol. The van der Waals surface area contributed by atoms with Crippen LogP contribution < -0.4 is 5.32 Å². The highest BCUT2D eigenvalue weighted by Crippen LogP contribution is 2.67. The average Bonchev–Trinajstić information content (AvgIpc) is 3.55. The third-order valence-corrected chi connectivity index (χ3v) is 12.4. The van der Waals surface area contributed by atoms with Crippen molar-refractivity contribution in [2.45, 2.75) is 47.6 Å². The number of carbonyl (C=O) groups is 3. The maximum Gasteiger partial charge on any atom is 0.354 e. The number of hydrogen-bond acceptors (Lipinski definition) is 10. The number of non-ortho nitro benzene ring substituents is 1. The monoisotopic (exact) mass is 644 g/mol. The molecular formula is C29H32N4O7S3. The maximum absolute atomic E-state index is 13.3. The van der Waals surface area contributed by atoms with Gasteiger partial charge in [0.15, 0.2) is 9.90 Å². The molecule has 2 saturated heterocycles. The van der Waals surface area contributed by atoms with E-state index in [0.29, 0.717) is 36.0 Å². The van der Waals surface area contributed by atoms with Crippen molar-refractivity contribution < 1.29 is 29.5 Å². The fourth-order valence-corrected chi connectivity index (χ4v) is 10.8. The number of hydrogen-bond donors (Lipinski definition) is 3. The quantitative estimate of drug-likeness (QED) is 0.166. The lowest BCUT2D eigenvalue weighted by Gasteiger charge is -2.53. The second-order valence-corrected chi connectivity index (χ2v) is 14.8. The van der Waals surface area contributed by atoms with Gasteiger partial charge in [0.1, 0.15) is 5.92 Å². The number of thioether (sulfide) groups is 3. The molecule has 2 amide bonds. The Morgan fingerprint density at radius 1 is 1.19 bits per heavy atom. The molecule has 0 saturated carbocycles. The number of aliphatic hydroxyl groups is 1. The van der Waals surface area contributed by atoms with Crippen molar-refractivity contribution in [3.8, 4) is 0 Å². The van der Waals surface area contributed by atoms with Crippen molar-refractivity contribution in [3.63, 3.8) is 0 Å². The number of nitrogens with one attached hydrogen (secondary N) is 1. The zero-order valence-electron chi connectivity index (χ0n) is 23.4. The number of aliphatic hydroxyl groups excluding tert-OH is 1. The number of carbonyl (C=O) groups excluding carboxylic acids is 2. The van der Waals surface area contributed by atoms with Gasteiger partial charge in [0.25, 0.3) is 5.69 Å². The molecule has 43 heavy (non-hydrogen) atoms. The number of β-lactam (4-membered cyclic amide) rings is 1. The van der Waals surface area contributed by atoms with Crippen LogP contribution in [0.5, 0.6) is 0 Å². The Morgan fingerprint density at radius 2 is 1.91 bits per heavy atom. The van der Waals surface area contributed by atoms with Crippen LogP contribution in [-0.2, 0) is 26.7 Å². The first kappa shape index (κ1) is 31.4. The second kappa shape index (κ2) is 13.3. The number of nitrogens with zero attached hydrogens (tertiary/aromatic N) is 3. The van der Waals surface area contributed by atoms with Crippen LogP contribution in [0.4, 0.5) is 5.69 Å². The number of nitro groups is 1. The first-order chi connectivity index (χ1) is 20.6. The van der Waals surface area contributed by atoms with Gasteiger partial charge in [0, 0.05) is 36.2 Å². The van der Waals surface area contributed by atoms with Gasteiger partial charge in [-0.2, -0.15) is 0 Å². The standard InChI is InChI=1S/C29H32N4O7S3/c1-2-22(34)24-26(36)32-25(27(37)38)28(43-29(24,32)41-17-19-8-10-20(11-9-19)33(39)40)42-21-12-13-31(15-21)16-23(35)30-14-18-6-4-3-5-7-18/h3-11,21-22,24,34H,2,12-17H2,1H3,(H,30,35)(H,37,38)/t21?,22-,24+,29+/m0/s1. The Morgan fingerprint density at radius 3 is 2.56 bits per heavy atom. The summed E-state index contributed by atoms with van der Waals surface area (Å²) >= 11 is 4.07. The van der Waals surface area contributed by atoms with Gasteiger partial charge in [-0.25, -0.2) is 4.79 Å². The van der Waals surface area contributed by atoms with Gasteiger partial charge in [-0.15, -0.1) is 23.5 Å². The molecule has 14 heteroatoms. The molecule has 0 spiro atoms. The van der Waals surface area contributed by atoms with Crippen LogP contribution in [0.2, 0.25) is 0 Å². The van der Waals surface area contributed by atoms with Crippen LogP contribution in [0, 0.1) is 16.0 Å². The summed E-state index contributed by atoms with van der Waals surface area (Å²) in [4.78, 5) is 52.3. The van der Waals surface area contributed by atoms with Gasteiger partial charge in [0.2, 0.25) is 11.8 Å². The maximum atomic E-state index is 13.3. The van der Waals surface area contributed by atoms with Crippen LogP contribution in [0.1, 0.15) is 30.9 Å². The van der Waals surface area contributed by atoms with Gasteiger partial charge in [0.05, 0.1) is 21.8 Å². The Hall–Kier alpha value is -3.04. The molecule has 0 radical (unpaired) electrons. The number of amides is 2. The number of nitro benzene ring substituents is 1. The van der Waals surface area contributed by atoms with Crippen molar-refractivity contribution in [1.29, 1.82) is 0 Å². The van der Waals surface area contributed by atoms with E-state index in [9.17, 15) is 34.7 Å². The number of carboxylic acid groups (broad SMARTS) is 1. The summed E-state index contributed by atoms with van der Waals surface area (Å²) in [7, 11) is 0. The van der Waals surface area contributed by atoms with Crippen LogP contribution in [-0.4, -0.2) is 77.9 Å². The Labute approximate surface area is 261 Å². The molecule has 228 valence electrons. The largest absolute Gasteiger partial charge is 0.477 e. The minimum Gasteiger partial charge on any atom is -0.477 e. The minimum absolute atomic E-state index is 0.0267. The Kier molecular flexibility index (Phi) is 9.71. The first-order valence-electron chi connectivity index (χ1n) is 13.9. The van der Waals surface area contributed by atoms with Crippen molar-refractivity contribution in [3.05, 3.63) is 85.8 Å². The van der Waals surface area contributed by atoms with E-state index in [0.717, 1.165) is 17.5 Å². The van der Waals surface area contributed by atoms with E-state index in [2.05, 4.69) is 5.32 Å². The van der Waals surface area contributed by atoms with E-state index in [4.69, 9.17) is 0 Å². The predicted octanol–water partition coefficient (Wildman–Crippen LogP) is 3.84. The van der Waals surface area contributed by atoms with Crippen LogP contribution in [0.25, 0.3) is 0 Å². The summed E-state index contributed by atoms with van der Waals surface area (Å²) in [5, 5.41) is 35.0. The molecule has 0 aliphatic carbocycles. The average molecular weight is 645 g/mol. The molecule has 2 fully saturated rings. The van der Waals surface area contributed by atoms with Gasteiger partial charge in [-0.3, -0.25) is 29.5 Å². The highest BCUT2D eigenvalue weighted by atomic mass is 32.2. The molecule has 3 heterocycles. The molecule has 3 aliphatic rings. The molecule has 11 nitrogen and oxygen atoms in total. The zero-order valence-corrected chi connectivity index (χ0v) is 25.8. The molecule has 3 N–H and O–H groups in total. The minimum atomic E-state index is -1.21. The van der Waals surface area contributed by atoms with E-state index in [-0.39, 0.29) is 29.1 Å². The van der Waals surface area contributed by atoms with Gasteiger partial charge < -0.3 is 15.5 Å². The van der Waals surface area contributed by atoms with Crippen LogP contribution in [0.3, 0.4) is 0 Å². The molecule has 3 aliphatic heterocycles. The first-order valence-corrected chi connectivity index (χ1v) is 16.6. The smallest absolute Gasteiger partial charge is 0.354 e. The van der Waals surface area contributed by atoms with Gasteiger partial charge in [-0.1, -0.05) is 61.2 Å². The van der Waals surface area contributed by atoms with E-state index < -0.39 is 33.0 Å². The summed E-state index contributed by atoms with van der Waals surface area (Å²) < 4.78 is -0.525. The number of fused-ring (bicyclic) bond motifs is 1. The van der Waals surface area contributed by atoms with Crippen molar-refractivity contribution >= 4 is 58.8 Å². The molecule has 0 bridgehead atoms. The summed E-state index contributed by atoms with van der Waals surface area (Å²) in [5.41, 5.74) is 1.69. The second-order valence-electron chi connectivity index (χ2n) is 10.5. The van der Waals surface area contributed by atoms with Crippen molar-refractivity contribution in [2.24, 2.45) is 5.92 Å². The number of benzene rings is 2. The van der Waals surface area contributed by atoms with Crippen molar-refractivity contribution in [1.82, 2.24) is 15.1 Å². The number of aliphatic carboxylic acids is 1. The highest BCUT2D eigenvalue weighted by molar-refractivity contribution is 8.29. The van der Waals surface area contributed by atoms with Gasteiger partial charge in [-0.05, 0) is 30.5 Å². The number of likely N-dealkylation sites (tertiary alicyclic amines) is 1. The van der Waals surface area contributed by atoms with Gasteiger partial charge >= 0.3 is 5.97 Å². The summed E-state index contributed by atoms with van der Waals surface area (Å²) in [6.45, 7) is 3.76. The summed E-state index contributed by atoms with van der Waals surface area (Å²) in [5.74, 6) is -2.15. The molecule has 2 aromatic rings. The van der Waals surface area contributed by atoms with Crippen LogP contribution in [0.15, 0.2) is 64.5 Å². The molecule has 1 unspecified atom stereocenters. The number of rotatable bonds is 13. The number of carboxylic acids is 1. The molecule has 5 rings (SSSR count). The Balaban J connectivity index is 1.26. The van der Waals surface area contributed by atoms with Crippen molar-refractivity contribution in [2.75, 3.05) is 19.6 Å². The summed E-state index contributed by atoms with van der Waals surface area (Å²) in [6, 6.07) is 15.8. The fraction of sp³-hybridized carbons (Fsp3) is 0.414. The SMILES string of the molecule is CC[C@H](O)[C@@H]1C(=O)N2C(C(=O)O)=C(SC3CCN(CC(=O)NCc4ccccc4)C3)S[C@]12SCc1ccc([N+](=O)[O-])cc1. The Bertz CT molecular complexity index is 1420. The highest BCUT2D eigenvalue weighted by Gasteiger charge is 2.69. The summed E-state index contributed by atoms with van der Waals surface area (Å²) in [6.07, 6.45) is 0.140.